The van der Waals surface area contributed by atoms with Crippen molar-refractivity contribution in [3.63, 3.8) is 0 Å². The van der Waals surface area contributed by atoms with Crippen LogP contribution in [0.2, 0.25) is 0 Å². The first-order valence-corrected chi connectivity index (χ1v) is 16.0. The van der Waals surface area contributed by atoms with Gasteiger partial charge in [-0.15, -0.1) is 0 Å². The van der Waals surface area contributed by atoms with Crippen LogP contribution in [-0.2, 0) is 26.1 Å². The zero-order valence-electron chi connectivity index (χ0n) is 27.5. The largest absolute Gasteiger partial charge is 0.491 e. The Hall–Kier alpha value is -5.63. The topological polar surface area (TPSA) is 176 Å². The van der Waals surface area contributed by atoms with Gasteiger partial charge in [0.15, 0.2) is 5.89 Å². The van der Waals surface area contributed by atoms with E-state index in [0.717, 1.165) is 34.8 Å². The molecule has 1 amide bonds. The number of aliphatic hydroxyl groups is 1. The van der Waals surface area contributed by atoms with Gasteiger partial charge in [-0.2, -0.15) is 5.10 Å². The molecule has 14 nitrogen and oxygen atoms in total. The van der Waals surface area contributed by atoms with Gasteiger partial charge < -0.3 is 34.4 Å². The average Bonchev–Trinajstić information content (AvgIpc) is 3.82. The van der Waals surface area contributed by atoms with Crippen LogP contribution in [0.5, 0.6) is 5.75 Å². The molecule has 4 heterocycles. The molecule has 5 N–H and O–H groups in total. The second kappa shape index (κ2) is 14.0. The van der Waals surface area contributed by atoms with Crippen LogP contribution in [0.15, 0.2) is 59.0 Å². The fourth-order valence-electron chi connectivity index (χ4n) is 5.63. The van der Waals surface area contributed by atoms with Crippen LogP contribution in [0.25, 0.3) is 22.1 Å². The van der Waals surface area contributed by atoms with E-state index in [1.165, 1.54) is 0 Å². The highest BCUT2D eigenvalue weighted by Gasteiger charge is 2.20. The third kappa shape index (κ3) is 6.60. The highest BCUT2D eigenvalue weighted by atomic mass is 16.5. The van der Waals surface area contributed by atoms with Crippen LogP contribution in [0.1, 0.15) is 47.9 Å². The Morgan fingerprint density at radius 2 is 1.75 bits per heavy atom. The van der Waals surface area contributed by atoms with Crippen molar-refractivity contribution >= 4 is 51.6 Å². The van der Waals surface area contributed by atoms with Gasteiger partial charge in [-0.25, -0.2) is 19.6 Å². The molecule has 0 aliphatic carbocycles. The van der Waals surface area contributed by atoms with Crippen LogP contribution >= 0.6 is 0 Å². The van der Waals surface area contributed by atoms with Gasteiger partial charge >= 0.3 is 0 Å². The lowest BCUT2D eigenvalue weighted by molar-refractivity contribution is 0.1000. The highest BCUT2D eigenvalue weighted by molar-refractivity contribution is 5.99. The average molecular weight is 653 g/mol. The van der Waals surface area contributed by atoms with Gasteiger partial charge in [0.25, 0.3) is 0 Å². The first-order valence-electron chi connectivity index (χ1n) is 16.0. The van der Waals surface area contributed by atoms with Gasteiger partial charge in [-0.05, 0) is 44.5 Å². The monoisotopic (exact) mass is 652 g/mol. The van der Waals surface area contributed by atoms with Crippen LogP contribution in [-0.4, -0.2) is 58.1 Å². The minimum Gasteiger partial charge on any atom is -0.491 e. The van der Waals surface area contributed by atoms with Crippen molar-refractivity contribution in [2.75, 3.05) is 23.8 Å². The molecule has 14 heteroatoms. The molecule has 0 aliphatic rings. The third-order valence-corrected chi connectivity index (χ3v) is 7.85. The van der Waals surface area contributed by atoms with Gasteiger partial charge in [0.2, 0.25) is 23.7 Å². The number of rotatable bonds is 15. The molecule has 0 saturated heterocycles. The van der Waals surface area contributed by atoms with E-state index < -0.39 is 5.91 Å². The lowest BCUT2D eigenvalue weighted by Crippen LogP contribution is -2.12. The standard InChI is InChI=1S/C34H40N10O4/c1-5-24-32(48-22(4)36-24)40-34-38-26-19-23(31(35)46)20-28(47-17-11-16-45)30(26)43(34)15-10-9-14-42-27-13-8-7-12-25(27)37-33(42)39-29-18-21(3)41-44(29)6-2/h7-10,12-13,18-20,45H,5-6,11,14-17H2,1-4H3,(H2,35,46)(H,37,39)(H,38,40)/b10-9+. The van der Waals surface area contributed by atoms with Crippen molar-refractivity contribution in [2.24, 2.45) is 5.73 Å². The first kappa shape index (κ1) is 32.3. The number of oxazole rings is 1. The number of para-hydroxylation sites is 2. The highest BCUT2D eigenvalue weighted by Crippen LogP contribution is 2.33. The molecule has 0 bridgehead atoms. The number of aromatic nitrogens is 7. The van der Waals surface area contributed by atoms with Crippen molar-refractivity contribution < 1.29 is 19.1 Å². The summed E-state index contributed by atoms with van der Waals surface area (Å²) in [5, 5.41) is 20.7. The van der Waals surface area contributed by atoms with E-state index in [1.54, 1.807) is 19.1 Å². The number of amides is 1. The molecular formula is C34H40N10O4. The molecule has 0 spiro atoms. The van der Waals surface area contributed by atoms with Crippen molar-refractivity contribution in [1.29, 1.82) is 0 Å². The number of carbonyl (C=O) groups excluding carboxylic acids is 1. The molecule has 0 radical (unpaired) electrons. The van der Waals surface area contributed by atoms with Gasteiger partial charge in [-0.3, -0.25) is 10.1 Å². The summed E-state index contributed by atoms with van der Waals surface area (Å²) in [6.07, 6.45) is 5.19. The number of nitrogens with two attached hydrogens (primary N) is 1. The zero-order chi connectivity index (χ0) is 33.8. The summed E-state index contributed by atoms with van der Waals surface area (Å²) < 4.78 is 17.9. The molecule has 250 valence electrons. The van der Waals surface area contributed by atoms with Gasteiger partial charge in [0.1, 0.15) is 22.8 Å². The van der Waals surface area contributed by atoms with E-state index in [4.69, 9.17) is 24.9 Å². The maximum atomic E-state index is 12.2. The molecule has 48 heavy (non-hydrogen) atoms. The molecule has 2 aromatic carbocycles. The fraction of sp³-hybridized carbons (Fsp3) is 0.324. The minimum absolute atomic E-state index is 0.0295. The number of primary amides is 1. The molecule has 6 rings (SSSR count). The lowest BCUT2D eigenvalue weighted by atomic mass is 10.1. The Balaban J connectivity index is 1.37. The molecular weight excluding hydrogens is 612 g/mol. The number of ether oxygens (including phenoxy) is 1. The molecule has 6 aromatic rings. The van der Waals surface area contributed by atoms with Crippen LogP contribution in [0, 0.1) is 13.8 Å². The number of hydrogen-bond donors (Lipinski definition) is 4. The number of hydrogen-bond acceptors (Lipinski definition) is 10. The minimum atomic E-state index is -0.596. The maximum absolute atomic E-state index is 12.2. The predicted molar refractivity (Wildman–Crippen MR) is 184 cm³/mol. The molecule has 0 aliphatic heterocycles. The van der Waals surface area contributed by atoms with Crippen LogP contribution in [0.4, 0.5) is 23.6 Å². The summed E-state index contributed by atoms with van der Waals surface area (Å²) >= 11 is 0. The van der Waals surface area contributed by atoms with Gasteiger partial charge in [0, 0.05) is 51.2 Å². The summed E-state index contributed by atoms with van der Waals surface area (Å²) in [6, 6.07) is 13.3. The number of nitrogens with zero attached hydrogens (tertiary/aromatic N) is 7. The summed E-state index contributed by atoms with van der Waals surface area (Å²) in [5.41, 5.74) is 10.7. The number of aliphatic hydroxyl groups excluding tert-OH is 1. The SMILES string of the molecule is CCc1nc(C)oc1Nc1nc2cc(C(N)=O)cc(OCCCO)c2n1C/C=C/Cn1c(Nc2cc(C)nn2CC)nc2ccccc21. The summed E-state index contributed by atoms with van der Waals surface area (Å²) in [5.74, 6) is 2.93. The van der Waals surface area contributed by atoms with Gasteiger partial charge in [-0.1, -0.05) is 31.2 Å². The fourth-order valence-corrected chi connectivity index (χ4v) is 5.63. The Kier molecular flexibility index (Phi) is 9.43. The van der Waals surface area contributed by atoms with E-state index in [-0.39, 0.29) is 18.8 Å². The molecule has 0 unspecified atom stereocenters. The van der Waals surface area contributed by atoms with Gasteiger partial charge in [0.05, 0.1) is 28.9 Å². The third-order valence-electron chi connectivity index (χ3n) is 7.85. The van der Waals surface area contributed by atoms with Crippen molar-refractivity contribution in [1.82, 2.24) is 33.9 Å². The number of carbonyl (C=O) groups is 1. The maximum Gasteiger partial charge on any atom is 0.248 e. The predicted octanol–water partition coefficient (Wildman–Crippen LogP) is 5.37. The molecule has 0 saturated carbocycles. The van der Waals surface area contributed by atoms with E-state index in [9.17, 15) is 9.90 Å². The number of benzene rings is 2. The number of fused-ring (bicyclic) bond motifs is 2. The Bertz CT molecular complexity index is 2100. The number of imidazole rings is 2. The normalized spacial score (nSPS) is 11.7. The quantitative estimate of drug-likeness (QED) is 0.0833. The first-order chi connectivity index (χ1) is 23.3. The van der Waals surface area contributed by atoms with E-state index in [0.29, 0.717) is 66.4 Å². The second-order valence-corrected chi connectivity index (χ2v) is 11.3. The molecule has 0 fully saturated rings. The van der Waals surface area contributed by atoms with E-state index in [2.05, 4.69) is 38.3 Å². The van der Waals surface area contributed by atoms with Crippen LogP contribution < -0.4 is 21.1 Å². The Morgan fingerprint density at radius 1 is 1.00 bits per heavy atom. The summed E-state index contributed by atoms with van der Waals surface area (Å²) in [7, 11) is 0. The lowest BCUT2D eigenvalue weighted by Gasteiger charge is -2.13. The summed E-state index contributed by atoms with van der Waals surface area (Å²) in [6.45, 7) is 9.69. The van der Waals surface area contributed by atoms with Crippen molar-refractivity contribution in [3.05, 3.63) is 77.5 Å². The number of aryl methyl sites for hydroxylation is 4. The van der Waals surface area contributed by atoms with E-state index >= 15 is 0 Å². The molecule has 0 atom stereocenters. The Labute approximate surface area is 277 Å². The van der Waals surface area contributed by atoms with Crippen molar-refractivity contribution in [2.45, 2.75) is 60.2 Å². The van der Waals surface area contributed by atoms with E-state index in [1.807, 2.05) is 59.5 Å². The number of nitrogens with one attached hydrogen (secondary N) is 2. The number of allylic oxidation sites excluding steroid dienone is 2. The summed E-state index contributed by atoms with van der Waals surface area (Å²) in [4.78, 5) is 26.4. The number of anilines is 4. The van der Waals surface area contributed by atoms with Crippen molar-refractivity contribution in [3.8, 4) is 5.75 Å². The van der Waals surface area contributed by atoms with Crippen LogP contribution in [0.3, 0.4) is 0 Å². The zero-order valence-corrected chi connectivity index (χ0v) is 27.5. The smallest absolute Gasteiger partial charge is 0.248 e. The molecule has 4 aromatic heterocycles. The Morgan fingerprint density at radius 3 is 2.50 bits per heavy atom. The second-order valence-electron chi connectivity index (χ2n) is 11.3.